The van der Waals surface area contributed by atoms with Crippen molar-refractivity contribution in [2.24, 2.45) is 0 Å². The molecule has 2 aliphatic rings. The number of amides is 2. The fraction of sp³-hybridized carbons (Fsp3) is 0.786. The molecule has 0 aromatic carbocycles. The highest BCUT2D eigenvalue weighted by atomic mass is 16.4. The van der Waals surface area contributed by atoms with Gasteiger partial charge in [0.2, 0.25) is 11.8 Å². The summed E-state index contributed by atoms with van der Waals surface area (Å²) in [6.07, 6.45) is 3.40. The molecule has 7 heteroatoms. The Morgan fingerprint density at radius 2 is 2.24 bits per heavy atom. The van der Waals surface area contributed by atoms with Crippen molar-refractivity contribution in [2.75, 3.05) is 26.2 Å². The van der Waals surface area contributed by atoms with E-state index in [-0.39, 0.29) is 17.5 Å². The number of nitrogens with zero attached hydrogens (tertiary/aromatic N) is 3. The Kier molecular flexibility index (Phi) is 3.84. The van der Waals surface area contributed by atoms with E-state index < -0.39 is 0 Å². The van der Waals surface area contributed by atoms with E-state index in [9.17, 15) is 4.79 Å². The van der Waals surface area contributed by atoms with Gasteiger partial charge in [0.15, 0.2) is 0 Å². The second kappa shape index (κ2) is 5.63. The minimum Gasteiger partial charge on any atom is -0.425 e. The second-order valence-corrected chi connectivity index (χ2v) is 6.39. The van der Waals surface area contributed by atoms with E-state index in [2.05, 4.69) is 27.8 Å². The lowest BCUT2D eigenvalue weighted by Crippen LogP contribution is -2.63. The molecule has 2 amide bonds. The fourth-order valence-electron chi connectivity index (χ4n) is 3.02. The van der Waals surface area contributed by atoms with Gasteiger partial charge in [-0.1, -0.05) is 6.42 Å². The van der Waals surface area contributed by atoms with E-state index in [1.165, 1.54) is 6.42 Å². The Hall–Kier alpha value is -1.63. The standard InChI is InChI=1S/C14H23N5O2/c1-10-17-18-12(21-10)14(2)8-19(9-14)13(20)16-11-5-3-4-6-15-7-11/h11,15H,3-9H2,1-2H3,(H,16,20). The van der Waals surface area contributed by atoms with Gasteiger partial charge in [0, 0.05) is 32.6 Å². The molecule has 116 valence electrons. The van der Waals surface area contributed by atoms with Crippen LogP contribution in [0, 0.1) is 6.92 Å². The highest BCUT2D eigenvalue weighted by molar-refractivity contribution is 5.76. The molecule has 3 heterocycles. The minimum atomic E-state index is -0.208. The monoisotopic (exact) mass is 293 g/mol. The summed E-state index contributed by atoms with van der Waals surface area (Å²) >= 11 is 0. The van der Waals surface area contributed by atoms with Crippen molar-refractivity contribution >= 4 is 6.03 Å². The first-order valence-electron chi connectivity index (χ1n) is 7.64. The lowest BCUT2D eigenvalue weighted by atomic mass is 9.82. The first-order valence-corrected chi connectivity index (χ1v) is 7.64. The quantitative estimate of drug-likeness (QED) is 0.843. The van der Waals surface area contributed by atoms with Crippen LogP contribution in [0.4, 0.5) is 4.79 Å². The molecule has 0 bridgehead atoms. The lowest BCUT2D eigenvalue weighted by molar-refractivity contribution is 0.0822. The van der Waals surface area contributed by atoms with Gasteiger partial charge in [0.25, 0.3) is 0 Å². The van der Waals surface area contributed by atoms with Crippen LogP contribution in [0.1, 0.15) is 38.0 Å². The average Bonchev–Trinajstić information content (AvgIpc) is 2.70. The van der Waals surface area contributed by atoms with E-state index in [0.717, 1.165) is 25.9 Å². The number of carbonyl (C=O) groups excluding carboxylic acids is 1. The molecule has 1 aromatic rings. The zero-order valence-electron chi connectivity index (χ0n) is 12.7. The number of carbonyl (C=O) groups is 1. The van der Waals surface area contributed by atoms with Gasteiger partial charge in [-0.05, 0) is 26.3 Å². The summed E-state index contributed by atoms with van der Waals surface area (Å²) in [7, 11) is 0. The topological polar surface area (TPSA) is 83.3 Å². The summed E-state index contributed by atoms with van der Waals surface area (Å²) in [5.41, 5.74) is -0.208. The molecule has 0 aliphatic carbocycles. The maximum atomic E-state index is 12.3. The summed E-state index contributed by atoms with van der Waals surface area (Å²) in [5.74, 6) is 1.19. The SMILES string of the molecule is Cc1nnc(C2(C)CN(C(=O)NC3CCCCNC3)C2)o1. The van der Waals surface area contributed by atoms with Crippen LogP contribution in [0.3, 0.4) is 0 Å². The molecule has 0 saturated carbocycles. The van der Waals surface area contributed by atoms with Gasteiger partial charge < -0.3 is 20.0 Å². The number of hydrogen-bond donors (Lipinski definition) is 2. The number of nitrogens with one attached hydrogen (secondary N) is 2. The third kappa shape index (κ3) is 3.02. The van der Waals surface area contributed by atoms with Crippen LogP contribution in [0.5, 0.6) is 0 Å². The van der Waals surface area contributed by atoms with Gasteiger partial charge in [-0.2, -0.15) is 0 Å². The second-order valence-electron chi connectivity index (χ2n) is 6.39. The van der Waals surface area contributed by atoms with Crippen molar-refractivity contribution in [3.63, 3.8) is 0 Å². The van der Waals surface area contributed by atoms with Crippen molar-refractivity contribution in [1.82, 2.24) is 25.7 Å². The smallest absolute Gasteiger partial charge is 0.317 e. The molecule has 1 unspecified atom stereocenters. The first kappa shape index (κ1) is 14.3. The largest absolute Gasteiger partial charge is 0.425 e. The Labute approximate surface area is 124 Å². The van der Waals surface area contributed by atoms with E-state index in [1.807, 2.05) is 4.90 Å². The fourth-order valence-corrected chi connectivity index (χ4v) is 3.02. The first-order chi connectivity index (χ1) is 10.1. The van der Waals surface area contributed by atoms with Crippen LogP contribution in [-0.4, -0.2) is 53.3 Å². The lowest BCUT2D eigenvalue weighted by Gasteiger charge is -2.45. The number of aromatic nitrogens is 2. The number of likely N-dealkylation sites (tertiary alicyclic amines) is 1. The number of aryl methyl sites for hydroxylation is 1. The normalized spacial score (nSPS) is 25.0. The Morgan fingerprint density at radius 3 is 2.95 bits per heavy atom. The van der Waals surface area contributed by atoms with Crippen molar-refractivity contribution in [3.8, 4) is 0 Å². The molecule has 2 N–H and O–H groups in total. The summed E-state index contributed by atoms with van der Waals surface area (Å²) < 4.78 is 5.49. The average molecular weight is 293 g/mol. The molecule has 0 radical (unpaired) electrons. The Balaban J connectivity index is 1.52. The summed E-state index contributed by atoms with van der Waals surface area (Å²) in [6.45, 7) is 6.99. The Bertz CT molecular complexity index is 501. The maximum absolute atomic E-state index is 12.3. The van der Waals surface area contributed by atoms with Crippen LogP contribution in [0.15, 0.2) is 4.42 Å². The van der Waals surface area contributed by atoms with Crippen LogP contribution in [0.2, 0.25) is 0 Å². The van der Waals surface area contributed by atoms with Gasteiger partial charge in [-0.15, -0.1) is 10.2 Å². The molecular formula is C14H23N5O2. The van der Waals surface area contributed by atoms with Gasteiger partial charge in [-0.25, -0.2) is 4.79 Å². The highest BCUT2D eigenvalue weighted by Gasteiger charge is 2.46. The molecule has 3 rings (SSSR count). The van der Waals surface area contributed by atoms with E-state index in [4.69, 9.17) is 4.42 Å². The third-order valence-electron chi connectivity index (χ3n) is 4.28. The van der Waals surface area contributed by atoms with Crippen LogP contribution < -0.4 is 10.6 Å². The third-order valence-corrected chi connectivity index (χ3v) is 4.28. The summed E-state index contributed by atoms with van der Waals surface area (Å²) in [6, 6.07) is 0.245. The molecule has 1 atom stereocenters. The molecule has 1 aromatic heterocycles. The molecular weight excluding hydrogens is 270 g/mol. The molecule has 2 saturated heterocycles. The van der Waals surface area contributed by atoms with Gasteiger partial charge in [0.05, 0.1) is 5.41 Å². The zero-order valence-corrected chi connectivity index (χ0v) is 12.7. The summed E-state index contributed by atoms with van der Waals surface area (Å²) in [5, 5.41) is 14.4. The van der Waals surface area contributed by atoms with Gasteiger partial charge >= 0.3 is 6.03 Å². The Morgan fingerprint density at radius 1 is 1.43 bits per heavy atom. The van der Waals surface area contributed by atoms with Crippen molar-refractivity contribution in [1.29, 1.82) is 0 Å². The highest BCUT2D eigenvalue weighted by Crippen LogP contribution is 2.33. The van der Waals surface area contributed by atoms with E-state index in [1.54, 1.807) is 6.92 Å². The van der Waals surface area contributed by atoms with E-state index in [0.29, 0.717) is 24.9 Å². The van der Waals surface area contributed by atoms with Crippen molar-refractivity contribution < 1.29 is 9.21 Å². The minimum absolute atomic E-state index is 0.0115. The van der Waals surface area contributed by atoms with E-state index >= 15 is 0 Å². The van der Waals surface area contributed by atoms with Crippen molar-refractivity contribution in [2.45, 2.75) is 44.6 Å². The number of hydrogen-bond acceptors (Lipinski definition) is 5. The molecule has 7 nitrogen and oxygen atoms in total. The molecule has 2 aliphatic heterocycles. The van der Waals surface area contributed by atoms with Crippen LogP contribution >= 0.6 is 0 Å². The maximum Gasteiger partial charge on any atom is 0.317 e. The predicted octanol–water partition coefficient (Wildman–Crippen LogP) is 0.803. The molecule has 0 spiro atoms. The molecule has 2 fully saturated rings. The molecule has 21 heavy (non-hydrogen) atoms. The van der Waals surface area contributed by atoms with Gasteiger partial charge in [0.1, 0.15) is 0 Å². The van der Waals surface area contributed by atoms with Gasteiger partial charge in [-0.3, -0.25) is 0 Å². The van der Waals surface area contributed by atoms with Crippen LogP contribution in [0.25, 0.3) is 0 Å². The summed E-state index contributed by atoms with van der Waals surface area (Å²) in [4.78, 5) is 14.1. The van der Waals surface area contributed by atoms with Crippen LogP contribution in [-0.2, 0) is 5.41 Å². The van der Waals surface area contributed by atoms with Crippen molar-refractivity contribution in [3.05, 3.63) is 11.8 Å². The number of urea groups is 1. The predicted molar refractivity (Wildman–Crippen MR) is 77.0 cm³/mol. The zero-order chi connectivity index (χ0) is 14.9. The number of rotatable bonds is 2.